The highest BCUT2D eigenvalue weighted by molar-refractivity contribution is 4.92. The summed E-state index contributed by atoms with van der Waals surface area (Å²) in [6.45, 7) is 8.62. The molecule has 0 bridgehead atoms. The highest BCUT2D eigenvalue weighted by Crippen LogP contribution is 2.20. The van der Waals surface area contributed by atoms with Gasteiger partial charge in [-0.1, -0.05) is 0 Å². The molecule has 0 fully saturated rings. The summed E-state index contributed by atoms with van der Waals surface area (Å²) in [5, 5.41) is 13.1. The number of hydrogen-bond acceptors (Lipinski definition) is 3. The predicted molar refractivity (Wildman–Crippen MR) is 58.1 cm³/mol. The minimum absolute atomic E-state index is 0.233. The molecule has 0 atom stereocenters. The first kappa shape index (κ1) is 11.7. The fraction of sp³-hybridized carbons (Fsp3) is 0.727. The van der Waals surface area contributed by atoms with Gasteiger partial charge < -0.3 is 0 Å². The van der Waals surface area contributed by atoms with Crippen LogP contribution in [-0.2, 0) is 6.54 Å². The zero-order valence-electron chi connectivity index (χ0n) is 9.91. The molecule has 0 aliphatic carbocycles. The second-order valence-electron chi connectivity index (χ2n) is 4.53. The molecule has 1 aromatic rings. The van der Waals surface area contributed by atoms with E-state index >= 15 is 0 Å². The van der Waals surface area contributed by atoms with Gasteiger partial charge >= 0.3 is 0 Å². The third-order valence-electron chi connectivity index (χ3n) is 2.44. The molecule has 0 spiro atoms. The zero-order valence-corrected chi connectivity index (χ0v) is 9.91. The predicted octanol–water partition coefficient (Wildman–Crippen LogP) is 2.22. The molecular weight excluding hydrogens is 188 g/mol. The molecule has 0 amide bonds. The Labute approximate surface area is 90.9 Å². The summed E-state index contributed by atoms with van der Waals surface area (Å²) < 4.78 is 1.91. The van der Waals surface area contributed by atoms with Crippen LogP contribution in [0.5, 0.6) is 0 Å². The molecule has 0 saturated carbocycles. The van der Waals surface area contributed by atoms with Gasteiger partial charge in [-0.15, -0.1) is 0 Å². The van der Waals surface area contributed by atoms with Crippen LogP contribution < -0.4 is 0 Å². The van der Waals surface area contributed by atoms with Crippen LogP contribution in [-0.4, -0.2) is 14.8 Å². The summed E-state index contributed by atoms with van der Waals surface area (Å²) in [6.07, 6.45) is 1.85. The van der Waals surface area contributed by atoms with Gasteiger partial charge in [0, 0.05) is 6.54 Å². The van der Waals surface area contributed by atoms with Crippen molar-refractivity contribution in [2.45, 2.75) is 47.1 Å². The maximum atomic E-state index is 8.87. The third kappa shape index (κ3) is 3.35. The molecule has 4 nitrogen and oxygen atoms in total. The Morgan fingerprint density at radius 3 is 2.53 bits per heavy atom. The van der Waals surface area contributed by atoms with Gasteiger partial charge in [-0.3, -0.25) is 4.68 Å². The number of nitriles is 1. The first-order chi connectivity index (χ1) is 6.94. The van der Waals surface area contributed by atoms with Crippen molar-refractivity contribution in [3.05, 3.63) is 11.6 Å². The second kappa shape index (κ2) is 4.43. The van der Waals surface area contributed by atoms with E-state index in [1.807, 2.05) is 32.4 Å². The van der Waals surface area contributed by atoms with Crippen molar-refractivity contribution in [3.63, 3.8) is 0 Å². The van der Waals surface area contributed by atoms with Gasteiger partial charge in [-0.2, -0.15) is 10.4 Å². The molecule has 0 saturated heterocycles. The van der Waals surface area contributed by atoms with Gasteiger partial charge in [-0.25, -0.2) is 4.98 Å². The largest absolute Gasteiger partial charge is 0.250 e. The smallest absolute Gasteiger partial charge is 0.147 e. The second-order valence-corrected chi connectivity index (χ2v) is 4.53. The normalized spacial score (nSPS) is 11.4. The van der Waals surface area contributed by atoms with Crippen molar-refractivity contribution in [2.24, 2.45) is 5.41 Å². The topological polar surface area (TPSA) is 54.5 Å². The van der Waals surface area contributed by atoms with Crippen LogP contribution in [0.15, 0.2) is 0 Å². The molecule has 1 heterocycles. The first-order valence-corrected chi connectivity index (χ1v) is 5.24. The van der Waals surface area contributed by atoms with E-state index in [2.05, 4.69) is 16.2 Å². The quantitative estimate of drug-likeness (QED) is 0.759. The maximum Gasteiger partial charge on any atom is 0.147 e. The van der Waals surface area contributed by atoms with Crippen LogP contribution in [0, 0.1) is 30.6 Å². The van der Waals surface area contributed by atoms with Gasteiger partial charge in [0.05, 0.1) is 11.5 Å². The standard InChI is InChI=1S/C11H18N4/c1-9-13-10(2)15(14-9)7-5-6-11(3,4)8-12/h5-7H2,1-4H3. The molecule has 4 heteroatoms. The molecule has 1 rings (SSSR count). The van der Waals surface area contributed by atoms with Crippen LogP contribution >= 0.6 is 0 Å². The van der Waals surface area contributed by atoms with E-state index in [1.54, 1.807) is 0 Å². The number of aryl methyl sites for hydroxylation is 3. The Bertz CT molecular complexity index is 370. The van der Waals surface area contributed by atoms with Crippen LogP contribution in [0.1, 0.15) is 38.3 Å². The monoisotopic (exact) mass is 206 g/mol. The fourth-order valence-electron chi connectivity index (χ4n) is 1.50. The van der Waals surface area contributed by atoms with Crippen molar-refractivity contribution in [1.29, 1.82) is 5.26 Å². The average Bonchev–Trinajstić information content (AvgIpc) is 2.45. The Morgan fingerprint density at radius 1 is 1.40 bits per heavy atom. The van der Waals surface area contributed by atoms with Crippen LogP contribution in [0.2, 0.25) is 0 Å². The first-order valence-electron chi connectivity index (χ1n) is 5.24. The summed E-state index contributed by atoms with van der Waals surface area (Å²) in [4.78, 5) is 4.23. The number of nitrogens with zero attached hydrogens (tertiary/aromatic N) is 4. The van der Waals surface area contributed by atoms with E-state index < -0.39 is 0 Å². The summed E-state index contributed by atoms with van der Waals surface area (Å²) in [5.41, 5.74) is -0.233. The van der Waals surface area contributed by atoms with Crippen molar-refractivity contribution in [3.8, 4) is 6.07 Å². The molecule has 1 aromatic heterocycles. The summed E-state index contributed by atoms with van der Waals surface area (Å²) >= 11 is 0. The average molecular weight is 206 g/mol. The zero-order chi connectivity index (χ0) is 11.5. The van der Waals surface area contributed by atoms with Gasteiger partial charge in [-0.05, 0) is 40.5 Å². The molecule has 15 heavy (non-hydrogen) atoms. The third-order valence-corrected chi connectivity index (χ3v) is 2.44. The Morgan fingerprint density at radius 2 is 2.07 bits per heavy atom. The van der Waals surface area contributed by atoms with E-state index in [0.717, 1.165) is 31.0 Å². The highest BCUT2D eigenvalue weighted by Gasteiger charge is 2.16. The SMILES string of the molecule is Cc1nc(C)n(CCCC(C)(C)C#N)n1. The molecular formula is C11H18N4. The molecule has 0 unspecified atom stereocenters. The van der Waals surface area contributed by atoms with Gasteiger partial charge in [0.25, 0.3) is 0 Å². The summed E-state index contributed by atoms with van der Waals surface area (Å²) in [5.74, 6) is 1.76. The van der Waals surface area contributed by atoms with Crippen molar-refractivity contribution < 1.29 is 0 Å². The lowest BCUT2D eigenvalue weighted by Gasteiger charge is -2.14. The van der Waals surface area contributed by atoms with E-state index in [9.17, 15) is 0 Å². The molecule has 0 aliphatic rings. The minimum atomic E-state index is -0.233. The Hall–Kier alpha value is -1.37. The summed E-state index contributed by atoms with van der Waals surface area (Å²) in [6, 6.07) is 2.30. The highest BCUT2D eigenvalue weighted by atomic mass is 15.3. The summed E-state index contributed by atoms with van der Waals surface area (Å²) in [7, 11) is 0. The van der Waals surface area contributed by atoms with E-state index in [1.165, 1.54) is 0 Å². The van der Waals surface area contributed by atoms with E-state index in [4.69, 9.17) is 5.26 Å². The van der Waals surface area contributed by atoms with Gasteiger partial charge in [0.15, 0.2) is 0 Å². The molecule has 0 aromatic carbocycles. The molecule has 0 N–H and O–H groups in total. The lowest BCUT2D eigenvalue weighted by molar-refractivity contribution is 0.404. The van der Waals surface area contributed by atoms with Crippen LogP contribution in [0.4, 0.5) is 0 Å². The van der Waals surface area contributed by atoms with Crippen LogP contribution in [0.25, 0.3) is 0 Å². The van der Waals surface area contributed by atoms with E-state index in [-0.39, 0.29) is 5.41 Å². The number of aromatic nitrogens is 3. The number of hydrogen-bond donors (Lipinski definition) is 0. The van der Waals surface area contributed by atoms with Gasteiger partial charge in [0.2, 0.25) is 0 Å². The van der Waals surface area contributed by atoms with Crippen molar-refractivity contribution in [2.75, 3.05) is 0 Å². The van der Waals surface area contributed by atoms with E-state index in [0.29, 0.717) is 0 Å². The maximum absolute atomic E-state index is 8.87. The Kier molecular flexibility index (Phi) is 3.46. The fourth-order valence-corrected chi connectivity index (χ4v) is 1.50. The van der Waals surface area contributed by atoms with Crippen molar-refractivity contribution in [1.82, 2.24) is 14.8 Å². The number of rotatable bonds is 4. The van der Waals surface area contributed by atoms with Crippen molar-refractivity contribution >= 4 is 0 Å². The van der Waals surface area contributed by atoms with Gasteiger partial charge in [0.1, 0.15) is 11.6 Å². The Balaban J connectivity index is 2.46. The molecule has 0 aliphatic heterocycles. The molecule has 0 radical (unpaired) electrons. The lowest BCUT2D eigenvalue weighted by Crippen LogP contribution is -2.10. The van der Waals surface area contributed by atoms with Crippen LogP contribution in [0.3, 0.4) is 0 Å². The minimum Gasteiger partial charge on any atom is -0.250 e. The molecule has 82 valence electrons. The lowest BCUT2D eigenvalue weighted by atomic mass is 9.90.